The second-order valence-corrected chi connectivity index (χ2v) is 7.37. The maximum Gasteiger partial charge on any atom is 0.329 e. The van der Waals surface area contributed by atoms with Crippen LogP contribution in [0.15, 0.2) is 42.5 Å². The van der Waals surface area contributed by atoms with Gasteiger partial charge < -0.3 is 14.4 Å². The summed E-state index contributed by atoms with van der Waals surface area (Å²) >= 11 is 0. The van der Waals surface area contributed by atoms with E-state index in [1.165, 1.54) is 11.8 Å². The van der Waals surface area contributed by atoms with Crippen LogP contribution < -0.4 is 4.74 Å². The van der Waals surface area contributed by atoms with Crippen molar-refractivity contribution in [3.8, 4) is 5.75 Å². The second-order valence-electron chi connectivity index (χ2n) is 7.37. The standard InChI is InChI=1S/C23H24N2O6/c1-14-9-10-17-18(11-14)22(28)25(21(17)27)15(2)23(29)31-13-20(26)24(3)12-16-7-5-6-8-19(16)30-4/h5-11,15H,12-13H2,1-4H3/t15-/m1/s1. The van der Waals surface area contributed by atoms with Crippen LogP contribution in [-0.4, -0.2) is 60.3 Å². The van der Waals surface area contributed by atoms with E-state index >= 15 is 0 Å². The van der Waals surface area contributed by atoms with Crippen LogP contribution in [0.25, 0.3) is 0 Å². The van der Waals surface area contributed by atoms with Crippen LogP contribution in [0.2, 0.25) is 0 Å². The number of nitrogens with zero attached hydrogens (tertiary/aromatic N) is 2. The van der Waals surface area contributed by atoms with Gasteiger partial charge in [-0.2, -0.15) is 0 Å². The van der Waals surface area contributed by atoms with Crippen molar-refractivity contribution in [1.29, 1.82) is 0 Å². The molecule has 1 heterocycles. The molecule has 0 aromatic heterocycles. The zero-order chi connectivity index (χ0) is 22.7. The van der Waals surface area contributed by atoms with Gasteiger partial charge in [0.15, 0.2) is 6.61 Å². The Hall–Kier alpha value is -3.68. The number of methoxy groups -OCH3 is 1. The molecule has 1 aliphatic rings. The van der Waals surface area contributed by atoms with Crippen LogP contribution in [0.4, 0.5) is 0 Å². The van der Waals surface area contributed by atoms with Gasteiger partial charge in [-0.3, -0.25) is 19.3 Å². The Labute approximate surface area is 180 Å². The summed E-state index contributed by atoms with van der Waals surface area (Å²) in [6, 6.07) is 11.0. The number of carbonyl (C=O) groups excluding carboxylic acids is 4. The highest BCUT2D eigenvalue weighted by Crippen LogP contribution is 2.26. The van der Waals surface area contributed by atoms with Crippen LogP contribution in [0.3, 0.4) is 0 Å². The number of amides is 3. The Balaban J connectivity index is 1.59. The largest absolute Gasteiger partial charge is 0.496 e. The third-order valence-electron chi connectivity index (χ3n) is 5.17. The molecule has 8 nitrogen and oxygen atoms in total. The van der Waals surface area contributed by atoms with Gasteiger partial charge in [0.05, 0.1) is 18.2 Å². The molecule has 0 unspecified atom stereocenters. The Morgan fingerprint density at radius 2 is 1.74 bits per heavy atom. The van der Waals surface area contributed by atoms with E-state index in [4.69, 9.17) is 9.47 Å². The third kappa shape index (κ3) is 4.42. The number of imide groups is 1. The summed E-state index contributed by atoms with van der Waals surface area (Å²) in [5.74, 6) is -1.71. The highest BCUT2D eigenvalue weighted by atomic mass is 16.5. The van der Waals surface area contributed by atoms with E-state index in [-0.39, 0.29) is 17.7 Å². The minimum Gasteiger partial charge on any atom is -0.496 e. The van der Waals surface area contributed by atoms with Gasteiger partial charge in [-0.25, -0.2) is 4.79 Å². The topological polar surface area (TPSA) is 93.2 Å². The average Bonchev–Trinajstić information content (AvgIpc) is 3.00. The molecule has 0 fully saturated rings. The summed E-state index contributed by atoms with van der Waals surface area (Å²) in [6.07, 6.45) is 0. The van der Waals surface area contributed by atoms with Crippen LogP contribution in [0, 0.1) is 6.92 Å². The normalized spacial score (nSPS) is 13.6. The number of benzene rings is 2. The number of aryl methyl sites for hydroxylation is 1. The molecule has 31 heavy (non-hydrogen) atoms. The molecule has 162 valence electrons. The van der Waals surface area contributed by atoms with E-state index in [0.717, 1.165) is 16.0 Å². The van der Waals surface area contributed by atoms with Crippen molar-refractivity contribution in [2.75, 3.05) is 20.8 Å². The summed E-state index contributed by atoms with van der Waals surface area (Å²) < 4.78 is 10.4. The number of para-hydroxylation sites is 1. The molecular formula is C23H24N2O6. The molecule has 0 N–H and O–H groups in total. The lowest BCUT2D eigenvalue weighted by atomic mass is 10.1. The number of ether oxygens (including phenoxy) is 2. The Kier molecular flexibility index (Phi) is 6.39. The molecule has 2 aromatic carbocycles. The summed E-state index contributed by atoms with van der Waals surface area (Å²) in [7, 11) is 3.13. The fraction of sp³-hybridized carbons (Fsp3) is 0.304. The molecule has 0 aliphatic carbocycles. The van der Waals surface area contributed by atoms with Crippen LogP contribution >= 0.6 is 0 Å². The van der Waals surface area contributed by atoms with Crippen molar-refractivity contribution in [3.63, 3.8) is 0 Å². The van der Waals surface area contributed by atoms with E-state index in [0.29, 0.717) is 5.75 Å². The lowest BCUT2D eigenvalue weighted by molar-refractivity contribution is -0.154. The molecule has 8 heteroatoms. The van der Waals surface area contributed by atoms with Crippen LogP contribution in [0.1, 0.15) is 38.8 Å². The summed E-state index contributed by atoms with van der Waals surface area (Å²) in [4.78, 5) is 52.4. The summed E-state index contributed by atoms with van der Waals surface area (Å²) in [5.41, 5.74) is 2.16. The van der Waals surface area contributed by atoms with Gasteiger partial charge in [-0.05, 0) is 32.0 Å². The van der Waals surface area contributed by atoms with Crippen molar-refractivity contribution >= 4 is 23.7 Å². The van der Waals surface area contributed by atoms with Crippen LogP contribution in [-0.2, 0) is 20.9 Å². The average molecular weight is 424 g/mol. The van der Waals surface area contributed by atoms with Gasteiger partial charge in [0.2, 0.25) is 0 Å². The van der Waals surface area contributed by atoms with Gasteiger partial charge in [-0.1, -0.05) is 29.8 Å². The number of carbonyl (C=O) groups is 4. The molecule has 0 spiro atoms. The fourth-order valence-electron chi connectivity index (χ4n) is 3.37. The van der Waals surface area contributed by atoms with Gasteiger partial charge >= 0.3 is 5.97 Å². The first-order chi connectivity index (χ1) is 14.7. The zero-order valence-electron chi connectivity index (χ0n) is 17.9. The van der Waals surface area contributed by atoms with Crippen molar-refractivity contribution in [2.45, 2.75) is 26.4 Å². The monoisotopic (exact) mass is 424 g/mol. The molecular weight excluding hydrogens is 400 g/mol. The number of rotatable bonds is 7. The lowest BCUT2D eigenvalue weighted by Gasteiger charge is -2.22. The van der Waals surface area contributed by atoms with Crippen molar-refractivity contribution < 1.29 is 28.7 Å². The quantitative estimate of drug-likeness (QED) is 0.500. The fourth-order valence-corrected chi connectivity index (χ4v) is 3.37. The highest BCUT2D eigenvalue weighted by Gasteiger charge is 2.41. The lowest BCUT2D eigenvalue weighted by Crippen LogP contribution is -2.44. The Morgan fingerprint density at radius 3 is 2.45 bits per heavy atom. The van der Waals surface area contributed by atoms with Crippen LogP contribution in [0.5, 0.6) is 5.75 Å². The van der Waals surface area contributed by atoms with E-state index in [1.54, 1.807) is 38.4 Å². The molecule has 0 bridgehead atoms. The first-order valence-electron chi connectivity index (χ1n) is 9.75. The van der Waals surface area contributed by atoms with Crippen molar-refractivity contribution in [3.05, 3.63) is 64.7 Å². The highest BCUT2D eigenvalue weighted by molar-refractivity contribution is 6.22. The van der Waals surface area contributed by atoms with Gasteiger partial charge in [0, 0.05) is 19.2 Å². The summed E-state index contributed by atoms with van der Waals surface area (Å²) in [6.45, 7) is 2.98. The van der Waals surface area contributed by atoms with E-state index in [9.17, 15) is 19.2 Å². The molecule has 0 saturated carbocycles. The molecule has 3 amide bonds. The SMILES string of the molecule is COc1ccccc1CN(C)C(=O)COC(=O)[C@@H](C)N1C(=O)c2ccc(C)cc2C1=O. The maximum atomic E-state index is 12.6. The Bertz CT molecular complexity index is 1050. The number of likely N-dealkylation sites (N-methyl/N-ethyl adjacent to an activating group) is 1. The minimum absolute atomic E-state index is 0.253. The smallest absolute Gasteiger partial charge is 0.329 e. The second kappa shape index (κ2) is 8.99. The van der Waals surface area contributed by atoms with E-state index in [2.05, 4.69) is 0 Å². The van der Waals surface area contributed by atoms with Gasteiger partial charge in [-0.15, -0.1) is 0 Å². The van der Waals surface area contributed by atoms with Gasteiger partial charge in [0.25, 0.3) is 17.7 Å². The van der Waals surface area contributed by atoms with Gasteiger partial charge in [0.1, 0.15) is 11.8 Å². The maximum absolute atomic E-state index is 12.6. The van der Waals surface area contributed by atoms with E-state index in [1.807, 2.05) is 25.1 Å². The van der Waals surface area contributed by atoms with Crippen molar-refractivity contribution in [1.82, 2.24) is 9.80 Å². The summed E-state index contributed by atoms with van der Waals surface area (Å²) in [5, 5.41) is 0. The van der Waals surface area contributed by atoms with E-state index < -0.39 is 36.3 Å². The molecule has 1 atom stereocenters. The predicted molar refractivity (Wildman–Crippen MR) is 112 cm³/mol. The first kappa shape index (κ1) is 22.0. The molecule has 0 saturated heterocycles. The molecule has 0 radical (unpaired) electrons. The minimum atomic E-state index is -1.15. The number of hydrogen-bond donors (Lipinski definition) is 0. The third-order valence-corrected chi connectivity index (χ3v) is 5.17. The zero-order valence-corrected chi connectivity index (χ0v) is 17.9. The molecule has 1 aliphatic heterocycles. The Morgan fingerprint density at radius 1 is 1.06 bits per heavy atom. The number of fused-ring (bicyclic) bond motifs is 1. The number of hydrogen-bond acceptors (Lipinski definition) is 6. The first-order valence-corrected chi connectivity index (χ1v) is 9.75. The molecule has 2 aromatic rings. The number of esters is 1. The van der Waals surface area contributed by atoms with Crippen molar-refractivity contribution in [2.24, 2.45) is 0 Å². The molecule has 3 rings (SSSR count). The predicted octanol–water partition coefficient (Wildman–Crippen LogP) is 2.19.